The average Bonchev–Trinajstić information content (AvgIpc) is 2.99. The summed E-state index contributed by atoms with van der Waals surface area (Å²) < 4.78 is 40.8. The average molecular weight is 500 g/mol. The molecule has 0 saturated heterocycles. The summed E-state index contributed by atoms with van der Waals surface area (Å²) in [6, 6.07) is 7.19. The fraction of sp³-hybridized carbons (Fsp3) is 0.375. The van der Waals surface area contributed by atoms with E-state index in [-0.39, 0.29) is 29.9 Å². The van der Waals surface area contributed by atoms with E-state index in [4.69, 9.17) is 0 Å². The molecule has 0 aliphatic heterocycles. The van der Waals surface area contributed by atoms with Crippen molar-refractivity contribution in [3.8, 4) is 5.88 Å². The van der Waals surface area contributed by atoms with E-state index in [1.807, 2.05) is 0 Å². The van der Waals surface area contributed by atoms with Gasteiger partial charge >= 0.3 is 6.18 Å². The van der Waals surface area contributed by atoms with E-state index in [0.717, 1.165) is 5.56 Å². The highest BCUT2D eigenvalue weighted by Gasteiger charge is 2.28. The second-order valence-corrected chi connectivity index (χ2v) is 6.57. The van der Waals surface area contributed by atoms with Gasteiger partial charge in [0.05, 0.1) is 6.54 Å². The number of alkyl halides is 3. The Morgan fingerprint density at radius 3 is 2.46 bits per heavy atom. The van der Waals surface area contributed by atoms with Gasteiger partial charge in [-0.1, -0.05) is 6.07 Å². The van der Waals surface area contributed by atoms with Crippen LogP contribution in [0.3, 0.4) is 0 Å². The largest absolute Gasteiger partial charge is 0.468 e. The lowest BCUT2D eigenvalue weighted by Gasteiger charge is -2.12. The van der Waals surface area contributed by atoms with Crippen LogP contribution in [0.1, 0.15) is 15.3 Å². The lowest BCUT2D eigenvalue weighted by atomic mass is 10.3. The summed E-state index contributed by atoms with van der Waals surface area (Å²) in [5, 5.41) is 6.32. The van der Waals surface area contributed by atoms with Crippen LogP contribution in [0.15, 0.2) is 35.5 Å². The van der Waals surface area contributed by atoms with Crippen LogP contribution >= 0.6 is 35.3 Å². The molecule has 0 unspecified atom stereocenters. The fourth-order valence-corrected chi connectivity index (χ4v) is 2.74. The predicted octanol–water partition coefficient (Wildman–Crippen LogP) is 3.88. The van der Waals surface area contributed by atoms with Crippen LogP contribution in [-0.2, 0) is 13.1 Å². The van der Waals surface area contributed by atoms with E-state index >= 15 is 0 Å². The standard InChI is InChI=1S/C16H19F3N4OS.HI/c1-11-3-5-13(25-11)9-23-15(20-2)22-8-12-4-6-14(21-7-12)24-10-16(17,18)19;/h3-7H,8-10H2,1-2H3,(H2,20,22,23);1H. The van der Waals surface area contributed by atoms with Gasteiger partial charge in [0.1, 0.15) is 0 Å². The first-order valence-corrected chi connectivity index (χ1v) is 8.31. The molecule has 2 aromatic rings. The van der Waals surface area contributed by atoms with E-state index in [1.165, 1.54) is 22.0 Å². The summed E-state index contributed by atoms with van der Waals surface area (Å²) in [6.45, 7) is 1.81. The third-order valence-electron chi connectivity index (χ3n) is 3.09. The number of aromatic nitrogens is 1. The number of nitrogens with zero attached hydrogens (tertiary/aromatic N) is 2. The van der Waals surface area contributed by atoms with Crippen molar-refractivity contribution in [2.24, 2.45) is 4.99 Å². The second-order valence-electron chi connectivity index (χ2n) is 5.20. The van der Waals surface area contributed by atoms with Gasteiger partial charge in [0.15, 0.2) is 12.6 Å². The van der Waals surface area contributed by atoms with Crippen LogP contribution in [0.5, 0.6) is 5.88 Å². The van der Waals surface area contributed by atoms with Gasteiger partial charge in [-0.05, 0) is 24.6 Å². The number of hydrogen-bond acceptors (Lipinski definition) is 4. The van der Waals surface area contributed by atoms with Crippen molar-refractivity contribution < 1.29 is 17.9 Å². The quantitative estimate of drug-likeness (QED) is 0.359. The summed E-state index contributed by atoms with van der Waals surface area (Å²) in [5.41, 5.74) is 0.800. The highest BCUT2D eigenvalue weighted by atomic mass is 127. The normalized spacial score (nSPS) is 11.7. The Balaban J connectivity index is 0.00000338. The Kier molecular flexibility index (Phi) is 9.13. The van der Waals surface area contributed by atoms with Crippen LogP contribution in [0, 0.1) is 6.92 Å². The maximum Gasteiger partial charge on any atom is 0.422 e. The number of ether oxygens (including phenoxy) is 1. The Hall–Kier alpha value is -1.56. The van der Waals surface area contributed by atoms with Gasteiger partial charge in [0, 0.05) is 35.6 Å². The predicted molar refractivity (Wildman–Crippen MR) is 107 cm³/mol. The van der Waals surface area contributed by atoms with Crippen molar-refractivity contribution in [2.45, 2.75) is 26.2 Å². The van der Waals surface area contributed by atoms with E-state index in [1.54, 1.807) is 24.5 Å². The first-order valence-electron chi connectivity index (χ1n) is 7.50. The first kappa shape index (κ1) is 22.5. The number of hydrogen-bond donors (Lipinski definition) is 2. The van der Waals surface area contributed by atoms with Crippen LogP contribution in [-0.4, -0.2) is 30.8 Å². The molecule has 2 rings (SSSR count). The summed E-state index contributed by atoms with van der Waals surface area (Å²) >= 11 is 1.71. The Labute approximate surface area is 171 Å². The number of rotatable bonds is 6. The Morgan fingerprint density at radius 2 is 1.92 bits per heavy atom. The molecule has 144 valence electrons. The molecular formula is C16H20F3IN4OS. The Morgan fingerprint density at radius 1 is 1.19 bits per heavy atom. The highest BCUT2D eigenvalue weighted by molar-refractivity contribution is 14.0. The lowest BCUT2D eigenvalue weighted by Crippen LogP contribution is -2.36. The van der Waals surface area contributed by atoms with Crippen molar-refractivity contribution in [3.63, 3.8) is 0 Å². The van der Waals surface area contributed by atoms with Crippen molar-refractivity contribution in [3.05, 3.63) is 45.8 Å². The summed E-state index contributed by atoms with van der Waals surface area (Å²) in [5.74, 6) is 0.570. The lowest BCUT2D eigenvalue weighted by molar-refractivity contribution is -0.154. The molecular weight excluding hydrogens is 480 g/mol. The molecule has 0 aromatic carbocycles. The van der Waals surface area contributed by atoms with Crippen LogP contribution < -0.4 is 15.4 Å². The molecule has 0 fully saturated rings. The number of guanidine groups is 1. The monoisotopic (exact) mass is 500 g/mol. The maximum absolute atomic E-state index is 12.1. The zero-order chi connectivity index (χ0) is 18.3. The third kappa shape index (κ3) is 8.21. The highest BCUT2D eigenvalue weighted by Crippen LogP contribution is 2.17. The number of aliphatic imine (C=N–C) groups is 1. The van der Waals surface area contributed by atoms with Gasteiger partial charge < -0.3 is 15.4 Å². The van der Waals surface area contributed by atoms with Gasteiger partial charge in [-0.15, -0.1) is 35.3 Å². The minimum atomic E-state index is -4.37. The van der Waals surface area contributed by atoms with Gasteiger partial charge in [-0.25, -0.2) is 4.98 Å². The molecule has 2 N–H and O–H groups in total. The van der Waals surface area contributed by atoms with Crippen molar-refractivity contribution in [1.82, 2.24) is 15.6 Å². The zero-order valence-electron chi connectivity index (χ0n) is 14.3. The fourth-order valence-electron chi connectivity index (χ4n) is 1.91. The third-order valence-corrected chi connectivity index (χ3v) is 4.09. The Bertz CT molecular complexity index is 704. The van der Waals surface area contributed by atoms with Crippen LogP contribution in [0.25, 0.3) is 0 Å². The molecule has 0 radical (unpaired) electrons. The smallest absolute Gasteiger partial charge is 0.422 e. The van der Waals surface area contributed by atoms with Crippen molar-refractivity contribution >= 4 is 41.3 Å². The molecule has 10 heteroatoms. The molecule has 2 heterocycles. The first-order chi connectivity index (χ1) is 11.9. The molecule has 0 aliphatic rings. The van der Waals surface area contributed by atoms with Crippen LogP contribution in [0.4, 0.5) is 13.2 Å². The SMILES string of the molecule is CN=C(NCc1ccc(OCC(F)(F)F)nc1)NCc1ccc(C)s1.I. The van der Waals surface area contributed by atoms with E-state index in [0.29, 0.717) is 19.0 Å². The topological polar surface area (TPSA) is 58.5 Å². The minimum Gasteiger partial charge on any atom is -0.468 e. The second kappa shape index (κ2) is 10.6. The number of pyridine rings is 1. The number of aryl methyl sites for hydroxylation is 1. The van der Waals surface area contributed by atoms with E-state index in [9.17, 15) is 13.2 Å². The van der Waals surface area contributed by atoms with Gasteiger partial charge in [0.25, 0.3) is 0 Å². The van der Waals surface area contributed by atoms with E-state index < -0.39 is 12.8 Å². The molecule has 0 amide bonds. The molecule has 5 nitrogen and oxygen atoms in total. The van der Waals surface area contributed by atoms with Gasteiger partial charge in [0.2, 0.25) is 5.88 Å². The van der Waals surface area contributed by atoms with Crippen molar-refractivity contribution in [1.29, 1.82) is 0 Å². The molecule has 2 aromatic heterocycles. The van der Waals surface area contributed by atoms with Crippen LogP contribution in [0.2, 0.25) is 0 Å². The van der Waals surface area contributed by atoms with Gasteiger partial charge in [-0.2, -0.15) is 13.2 Å². The van der Waals surface area contributed by atoms with E-state index in [2.05, 4.69) is 44.4 Å². The zero-order valence-corrected chi connectivity index (χ0v) is 17.4. The maximum atomic E-state index is 12.1. The van der Waals surface area contributed by atoms with Crippen molar-refractivity contribution in [2.75, 3.05) is 13.7 Å². The molecule has 0 bridgehead atoms. The van der Waals surface area contributed by atoms with Gasteiger partial charge in [-0.3, -0.25) is 4.99 Å². The summed E-state index contributed by atoms with van der Waals surface area (Å²) in [4.78, 5) is 10.4. The summed E-state index contributed by atoms with van der Waals surface area (Å²) in [7, 11) is 1.67. The molecule has 0 aliphatic carbocycles. The molecule has 0 spiro atoms. The molecule has 0 saturated carbocycles. The minimum absolute atomic E-state index is 0. The molecule has 0 atom stereocenters. The number of nitrogens with one attached hydrogen (secondary N) is 2. The molecule has 26 heavy (non-hydrogen) atoms. The summed E-state index contributed by atoms with van der Waals surface area (Å²) in [6.07, 6.45) is -2.91. The number of thiophene rings is 1. The number of halogens is 4.